The number of aromatic nitrogens is 3. The van der Waals surface area contributed by atoms with E-state index < -0.39 is 0 Å². The molecule has 0 fully saturated rings. The van der Waals surface area contributed by atoms with E-state index in [0.717, 1.165) is 40.1 Å². The van der Waals surface area contributed by atoms with Crippen molar-refractivity contribution in [2.24, 2.45) is 0 Å². The summed E-state index contributed by atoms with van der Waals surface area (Å²) in [6, 6.07) is 3.96. The molecular formula is C12H16N4S. The monoisotopic (exact) mass is 248 g/mol. The number of nitrogens with zero attached hydrogens (tertiary/aromatic N) is 3. The Kier molecular flexibility index (Phi) is 3.68. The minimum Gasteiger partial charge on any atom is -0.369 e. The Bertz CT molecular complexity index is 490. The van der Waals surface area contributed by atoms with Gasteiger partial charge < -0.3 is 5.32 Å². The first-order valence-corrected chi connectivity index (χ1v) is 6.54. The minimum atomic E-state index is 0.828. The van der Waals surface area contributed by atoms with Crippen LogP contribution in [0.3, 0.4) is 0 Å². The number of rotatable bonds is 4. The van der Waals surface area contributed by atoms with Crippen molar-refractivity contribution in [3.63, 3.8) is 0 Å². The molecule has 5 heteroatoms. The molecule has 2 aromatic rings. The molecule has 0 amide bonds. The predicted molar refractivity (Wildman–Crippen MR) is 71.4 cm³/mol. The summed E-state index contributed by atoms with van der Waals surface area (Å²) in [6.45, 7) is 7.06. The highest BCUT2D eigenvalue weighted by Crippen LogP contribution is 2.27. The van der Waals surface area contributed by atoms with Gasteiger partial charge in [0.05, 0.1) is 15.6 Å². The summed E-state index contributed by atoms with van der Waals surface area (Å²) in [7, 11) is 0. The molecule has 2 rings (SSSR count). The number of hydrogen-bond donors (Lipinski definition) is 1. The van der Waals surface area contributed by atoms with Gasteiger partial charge in [-0.2, -0.15) is 0 Å². The van der Waals surface area contributed by atoms with Crippen LogP contribution < -0.4 is 5.32 Å². The van der Waals surface area contributed by atoms with E-state index in [1.54, 1.807) is 11.3 Å². The Morgan fingerprint density at radius 2 is 2.06 bits per heavy atom. The number of anilines is 1. The van der Waals surface area contributed by atoms with Crippen LogP contribution in [0, 0.1) is 13.8 Å². The lowest BCUT2D eigenvalue weighted by Gasteiger charge is -2.03. The minimum absolute atomic E-state index is 0.828. The highest BCUT2D eigenvalue weighted by Gasteiger charge is 2.09. The van der Waals surface area contributed by atoms with Crippen molar-refractivity contribution in [3.05, 3.63) is 22.8 Å². The maximum atomic E-state index is 4.39. The highest BCUT2D eigenvalue weighted by atomic mass is 32.1. The van der Waals surface area contributed by atoms with Crippen molar-refractivity contribution >= 4 is 17.2 Å². The molecule has 2 aromatic heterocycles. The maximum absolute atomic E-state index is 4.39. The molecule has 90 valence electrons. The van der Waals surface area contributed by atoms with Crippen molar-refractivity contribution < 1.29 is 0 Å². The number of nitrogens with one attached hydrogen (secondary N) is 1. The van der Waals surface area contributed by atoms with Crippen LogP contribution >= 0.6 is 11.3 Å². The van der Waals surface area contributed by atoms with Gasteiger partial charge in [-0.1, -0.05) is 6.92 Å². The molecule has 0 saturated carbocycles. The van der Waals surface area contributed by atoms with Gasteiger partial charge in [0, 0.05) is 6.54 Å². The molecule has 17 heavy (non-hydrogen) atoms. The predicted octanol–water partition coefficient (Wildman–Crippen LogP) is 3.04. The van der Waals surface area contributed by atoms with Crippen LogP contribution in [0.2, 0.25) is 0 Å². The average molecular weight is 248 g/mol. The third kappa shape index (κ3) is 2.79. The van der Waals surface area contributed by atoms with Crippen LogP contribution in [-0.4, -0.2) is 21.7 Å². The molecule has 0 atom stereocenters. The van der Waals surface area contributed by atoms with Crippen molar-refractivity contribution in [2.45, 2.75) is 27.2 Å². The van der Waals surface area contributed by atoms with Gasteiger partial charge in [0.1, 0.15) is 11.5 Å². The SMILES string of the molecule is CCCNc1ccc(-c2sc(C)nc2C)nn1. The molecule has 0 bridgehead atoms. The van der Waals surface area contributed by atoms with Gasteiger partial charge in [0.2, 0.25) is 0 Å². The van der Waals surface area contributed by atoms with Crippen molar-refractivity contribution in [1.29, 1.82) is 0 Å². The van der Waals surface area contributed by atoms with E-state index >= 15 is 0 Å². The second kappa shape index (κ2) is 5.23. The Labute approximate surface area is 105 Å². The molecule has 2 heterocycles. The molecule has 1 N–H and O–H groups in total. The number of hydrogen-bond acceptors (Lipinski definition) is 5. The second-order valence-electron chi connectivity index (χ2n) is 3.88. The van der Waals surface area contributed by atoms with E-state index in [1.165, 1.54) is 0 Å². The van der Waals surface area contributed by atoms with Gasteiger partial charge in [-0.15, -0.1) is 21.5 Å². The lowest BCUT2D eigenvalue weighted by molar-refractivity contribution is 0.946. The lowest BCUT2D eigenvalue weighted by Crippen LogP contribution is -2.02. The summed E-state index contributed by atoms with van der Waals surface area (Å²) in [5.74, 6) is 0.828. The van der Waals surface area contributed by atoms with Crippen LogP contribution in [-0.2, 0) is 0 Å². The molecule has 4 nitrogen and oxygen atoms in total. The van der Waals surface area contributed by atoms with Crippen molar-refractivity contribution in [2.75, 3.05) is 11.9 Å². The maximum Gasteiger partial charge on any atom is 0.148 e. The standard InChI is InChI=1S/C12H16N4S/c1-4-7-13-11-6-5-10(15-16-11)12-8(2)14-9(3)17-12/h5-6H,4,7H2,1-3H3,(H,13,16). The highest BCUT2D eigenvalue weighted by molar-refractivity contribution is 7.15. The molecule has 0 radical (unpaired) electrons. The van der Waals surface area contributed by atoms with E-state index in [9.17, 15) is 0 Å². The van der Waals surface area contributed by atoms with Crippen LogP contribution in [0.25, 0.3) is 10.6 Å². The van der Waals surface area contributed by atoms with Gasteiger partial charge in [0.25, 0.3) is 0 Å². The molecule has 0 aromatic carbocycles. The number of thiazole rings is 1. The quantitative estimate of drug-likeness (QED) is 0.903. The first kappa shape index (κ1) is 12.0. The molecule has 0 aliphatic heterocycles. The molecule has 0 unspecified atom stereocenters. The zero-order chi connectivity index (χ0) is 12.3. The van der Waals surface area contributed by atoms with E-state index in [2.05, 4.69) is 27.4 Å². The van der Waals surface area contributed by atoms with Gasteiger partial charge >= 0.3 is 0 Å². The van der Waals surface area contributed by atoms with Crippen LogP contribution in [0.4, 0.5) is 5.82 Å². The summed E-state index contributed by atoms with van der Waals surface area (Å²) in [5.41, 5.74) is 1.92. The van der Waals surface area contributed by atoms with Gasteiger partial charge in [0.15, 0.2) is 0 Å². The molecule has 0 saturated heterocycles. The van der Waals surface area contributed by atoms with Crippen molar-refractivity contribution in [1.82, 2.24) is 15.2 Å². The van der Waals surface area contributed by atoms with Crippen LogP contribution in [0.1, 0.15) is 24.0 Å². The van der Waals surface area contributed by atoms with Crippen molar-refractivity contribution in [3.8, 4) is 10.6 Å². The third-order valence-electron chi connectivity index (χ3n) is 2.36. The third-order valence-corrected chi connectivity index (χ3v) is 3.45. The lowest BCUT2D eigenvalue weighted by atomic mass is 10.3. The largest absolute Gasteiger partial charge is 0.369 e. The van der Waals surface area contributed by atoms with Crippen LogP contribution in [0.15, 0.2) is 12.1 Å². The summed E-state index contributed by atoms with van der Waals surface area (Å²) in [4.78, 5) is 5.50. The Balaban J connectivity index is 2.20. The summed E-state index contributed by atoms with van der Waals surface area (Å²) < 4.78 is 0. The molecule has 0 aliphatic carbocycles. The van der Waals surface area contributed by atoms with E-state index in [1.807, 2.05) is 26.0 Å². The summed E-state index contributed by atoms with van der Waals surface area (Å²) >= 11 is 1.66. The van der Waals surface area contributed by atoms with Gasteiger partial charge in [-0.05, 0) is 32.4 Å². The Morgan fingerprint density at radius 1 is 1.24 bits per heavy atom. The van der Waals surface area contributed by atoms with E-state index in [0.29, 0.717) is 0 Å². The average Bonchev–Trinajstić information content (AvgIpc) is 2.66. The molecule has 0 spiro atoms. The second-order valence-corrected chi connectivity index (χ2v) is 5.08. The van der Waals surface area contributed by atoms with Gasteiger partial charge in [-0.3, -0.25) is 0 Å². The van der Waals surface area contributed by atoms with Crippen LogP contribution in [0.5, 0.6) is 0 Å². The first-order valence-electron chi connectivity index (χ1n) is 5.72. The summed E-state index contributed by atoms with van der Waals surface area (Å²) in [5, 5.41) is 12.7. The molecular weight excluding hydrogens is 232 g/mol. The zero-order valence-electron chi connectivity index (χ0n) is 10.3. The first-order chi connectivity index (χ1) is 8.20. The van der Waals surface area contributed by atoms with E-state index in [-0.39, 0.29) is 0 Å². The summed E-state index contributed by atoms with van der Waals surface area (Å²) in [6.07, 6.45) is 1.08. The Morgan fingerprint density at radius 3 is 2.59 bits per heavy atom. The van der Waals surface area contributed by atoms with Gasteiger partial charge in [-0.25, -0.2) is 4.98 Å². The van der Waals surface area contributed by atoms with E-state index in [4.69, 9.17) is 0 Å². The fourth-order valence-corrected chi connectivity index (χ4v) is 2.45. The normalized spacial score (nSPS) is 10.5. The topological polar surface area (TPSA) is 50.7 Å². The smallest absolute Gasteiger partial charge is 0.148 e. The zero-order valence-corrected chi connectivity index (χ0v) is 11.1. The fraction of sp³-hybridized carbons (Fsp3) is 0.417. The molecule has 0 aliphatic rings. The number of aryl methyl sites for hydroxylation is 2. The Hall–Kier alpha value is -1.49. The fourth-order valence-electron chi connectivity index (χ4n) is 1.57.